The van der Waals surface area contributed by atoms with Gasteiger partial charge in [0, 0.05) is 10.9 Å². The SMILES string of the molecule is CC1CC(NC(=O)Cc2ccc(S(N)(=O)=O)s2)C1. The van der Waals surface area contributed by atoms with E-state index in [1.165, 1.54) is 6.07 Å². The summed E-state index contributed by atoms with van der Waals surface area (Å²) in [5.41, 5.74) is 0. The fraction of sp³-hybridized carbons (Fsp3) is 0.545. The van der Waals surface area contributed by atoms with Crippen molar-refractivity contribution in [2.45, 2.75) is 36.4 Å². The number of carbonyl (C=O) groups is 1. The summed E-state index contributed by atoms with van der Waals surface area (Å²) >= 11 is 1.05. The van der Waals surface area contributed by atoms with Crippen LogP contribution in [0.1, 0.15) is 24.6 Å². The number of hydrogen-bond donors (Lipinski definition) is 2. The van der Waals surface area contributed by atoms with E-state index in [-0.39, 0.29) is 22.6 Å². The summed E-state index contributed by atoms with van der Waals surface area (Å²) in [6.45, 7) is 2.15. The van der Waals surface area contributed by atoms with Gasteiger partial charge in [0.15, 0.2) is 0 Å². The van der Waals surface area contributed by atoms with Gasteiger partial charge < -0.3 is 5.32 Å². The van der Waals surface area contributed by atoms with Gasteiger partial charge in [0.05, 0.1) is 6.42 Å². The predicted molar refractivity (Wildman–Crippen MR) is 69.7 cm³/mol. The van der Waals surface area contributed by atoms with Gasteiger partial charge in [-0.25, -0.2) is 13.6 Å². The Morgan fingerprint density at radius 1 is 1.50 bits per heavy atom. The second-order valence-corrected chi connectivity index (χ2v) is 7.74. The molecule has 0 aliphatic heterocycles. The zero-order chi connectivity index (χ0) is 13.3. The van der Waals surface area contributed by atoms with Crippen LogP contribution < -0.4 is 10.5 Å². The van der Waals surface area contributed by atoms with Crippen molar-refractivity contribution in [2.75, 3.05) is 0 Å². The summed E-state index contributed by atoms with van der Waals surface area (Å²) in [5.74, 6) is 0.626. The average Bonchev–Trinajstić information content (AvgIpc) is 2.63. The lowest BCUT2D eigenvalue weighted by Gasteiger charge is -2.33. The summed E-state index contributed by atoms with van der Waals surface area (Å²) in [6.07, 6.45) is 2.27. The largest absolute Gasteiger partial charge is 0.353 e. The van der Waals surface area contributed by atoms with Gasteiger partial charge in [-0.1, -0.05) is 6.92 Å². The van der Waals surface area contributed by atoms with Crippen molar-refractivity contribution >= 4 is 27.3 Å². The molecule has 1 amide bonds. The highest BCUT2D eigenvalue weighted by atomic mass is 32.2. The Kier molecular flexibility index (Phi) is 3.74. The molecule has 1 aromatic rings. The lowest BCUT2D eigenvalue weighted by molar-refractivity contribution is -0.121. The third-order valence-electron chi connectivity index (χ3n) is 2.99. The number of carbonyl (C=O) groups excluding carboxylic acids is 1. The molecule has 18 heavy (non-hydrogen) atoms. The molecule has 0 radical (unpaired) electrons. The molecule has 2 rings (SSSR count). The van der Waals surface area contributed by atoms with Crippen LogP contribution in [-0.4, -0.2) is 20.4 Å². The topological polar surface area (TPSA) is 89.3 Å². The van der Waals surface area contributed by atoms with E-state index in [9.17, 15) is 13.2 Å². The van der Waals surface area contributed by atoms with Crippen LogP contribution in [0.5, 0.6) is 0 Å². The summed E-state index contributed by atoms with van der Waals surface area (Å²) in [6, 6.07) is 3.35. The first-order valence-electron chi connectivity index (χ1n) is 5.75. The molecule has 0 spiro atoms. The minimum atomic E-state index is -3.65. The zero-order valence-electron chi connectivity index (χ0n) is 10.0. The molecule has 1 saturated carbocycles. The highest BCUT2D eigenvalue weighted by molar-refractivity contribution is 7.91. The number of sulfonamides is 1. The van der Waals surface area contributed by atoms with Crippen LogP contribution in [0, 0.1) is 5.92 Å². The van der Waals surface area contributed by atoms with Crippen LogP contribution >= 0.6 is 11.3 Å². The second kappa shape index (κ2) is 4.99. The van der Waals surface area contributed by atoms with Gasteiger partial charge in [-0.05, 0) is 30.9 Å². The van der Waals surface area contributed by atoms with E-state index in [0.29, 0.717) is 10.8 Å². The van der Waals surface area contributed by atoms with Crippen molar-refractivity contribution in [3.05, 3.63) is 17.0 Å². The zero-order valence-corrected chi connectivity index (χ0v) is 11.7. The first-order chi connectivity index (χ1) is 8.34. The van der Waals surface area contributed by atoms with Gasteiger partial charge >= 0.3 is 0 Å². The van der Waals surface area contributed by atoms with E-state index in [0.717, 1.165) is 24.2 Å². The first kappa shape index (κ1) is 13.5. The van der Waals surface area contributed by atoms with Gasteiger partial charge in [-0.2, -0.15) is 0 Å². The molecule has 0 saturated heterocycles. The summed E-state index contributed by atoms with van der Waals surface area (Å²) < 4.78 is 22.3. The van der Waals surface area contributed by atoms with Gasteiger partial charge in [0.1, 0.15) is 4.21 Å². The Morgan fingerprint density at radius 2 is 2.17 bits per heavy atom. The second-order valence-electron chi connectivity index (χ2n) is 4.78. The maximum atomic E-state index is 11.7. The summed E-state index contributed by atoms with van der Waals surface area (Å²) in [5, 5.41) is 7.94. The van der Waals surface area contributed by atoms with Crippen molar-refractivity contribution in [3.8, 4) is 0 Å². The van der Waals surface area contributed by atoms with Crippen LogP contribution in [0.3, 0.4) is 0 Å². The van der Waals surface area contributed by atoms with Crippen molar-refractivity contribution in [1.82, 2.24) is 5.32 Å². The lowest BCUT2D eigenvalue weighted by atomic mass is 9.82. The average molecular weight is 288 g/mol. The summed E-state index contributed by atoms with van der Waals surface area (Å²) in [4.78, 5) is 12.4. The van der Waals surface area contributed by atoms with E-state index >= 15 is 0 Å². The maximum absolute atomic E-state index is 11.7. The minimum absolute atomic E-state index is 0.0604. The summed E-state index contributed by atoms with van der Waals surface area (Å²) in [7, 11) is -3.65. The molecule has 1 aliphatic rings. The normalized spacial score (nSPS) is 23.4. The number of thiophene rings is 1. The number of nitrogens with one attached hydrogen (secondary N) is 1. The number of amides is 1. The van der Waals surface area contributed by atoms with E-state index in [2.05, 4.69) is 12.2 Å². The first-order valence-corrected chi connectivity index (χ1v) is 8.12. The molecule has 0 bridgehead atoms. The maximum Gasteiger partial charge on any atom is 0.247 e. The Bertz CT molecular complexity index is 544. The molecule has 0 aromatic carbocycles. The monoisotopic (exact) mass is 288 g/mol. The molecular weight excluding hydrogens is 272 g/mol. The van der Waals surface area contributed by atoms with Crippen molar-refractivity contribution in [3.63, 3.8) is 0 Å². The fourth-order valence-corrected chi connectivity index (χ4v) is 3.84. The predicted octanol–water partition coefficient (Wildman–Crippen LogP) is 0.853. The number of nitrogens with two attached hydrogens (primary N) is 1. The van der Waals surface area contributed by atoms with Crippen molar-refractivity contribution in [2.24, 2.45) is 11.1 Å². The quantitative estimate of drug-likeness (QED) is 0.861. The van der Waals surface area contributed by atoms with Crippen LogP contribution in [-0.2, 0) is 21.2 Å². The van der Waals surface area contributed by atoms with Crippen molar-refractivity contribution < 1.29 is 13.2 Å². The van der Waals surface area contributed by atoms with Gasteiger partial charge in [-0.3, -0.25) is 4.79 Å². The Labute approximate surface area is 110 Å². The van der Waals surface area contributed by atoms with E-state index in [4.69, 9.17) is 5.14 Å². The smallest absolute Gasteiger partial charge is 0.247 e. The highest BCUT2D eigenvalue weighted by Gasteiger charge is 2.26. The van der Waals surface area contributed by atoms with E-state index < -0.39 is 10.0 Å². The van der Waals surface area contributed by atoms with Gasteiger partial charge in [0.25, 0.3) is 0 Å². The Hall–Kier alpha value is -0.920. The highest BCUT2D eigenvalue weighted by Crippen LogP contribution is 2.26. The molecule has 100 valence electrons. The molecule has 1 aromatic heterocycles. The van der Waals surface area contributed by atoms with Crippen molar-refractivity contribution in [1.29, 1.82) is 0 Å². The minimum Gasteiger partial charge on any atom is -0.353 e. The lowest BCUT2D eigenvalue weighted by Crippen LogP contribution is -2.43. The molecule has 7 heteroatoms. The Balaban J connectivity index is 1.89. The number of rotatable bonds is 4. The number of hydrogen-bond acceptors (Lipinski definition) is 4. The standard InChI is InChI=1S/C11H16N2O3S2/c1-7-4-8(5-7)13-10(14)6-9-2-3-11(17-9)18(12,15)16/h2-3,7-8H,4-6H2,1H3,(H,13,14)(H2,12,15,16). The van der Waals surface area contributed by atoms with Gasteiger partial charge in [0.2, 0.25) is 15.9 Å². The molecule has 1 heterocycles. The molecule has 1 fully saturated rings. The third-order valence-corrected chi connectivity index (χ3v) is 5.51. The molecule has 1 aliphatic carbocycles. The van der Waals surface area contributed by atoms with E-state index in [1.54, 1.807) is 6.07 Å². The molecule has 5 nitrogen and oxygen atoms in total. The van der Waals surface area contributed by atoms with Crippen LogP contribution in [0.4, 0.5) is 0 Å². The fourth-order valence-electron chi connectivity index (χ4n) is 2.06. The van der Waals surface area contributed by atoms with E-state index in [1.807, 2.05) is 0 Å². The number of primary sulfonamides is 1. The molecule has 0 unspecified atom stereocenters. The Morgan fingerprint density at radius 3 is 2.67 bits per heavy atom. The third kappa shape index (κ3) is 3.30. The molecular formula is C11H16N2O3S2. The van der Waals surface area contributed by atoms with Crippen LogP contribution in [0.2, 0.25) is 0 Å². The van der Waals surface area contributed by atoms with Gasteiger partial charge in [-0.15, -0.1) is 11.3 Å². The molecule has 0 atom stereocenters. The molecule has 3 N–H and O–H groups in total. The van der Waals surface area contributed by atoms with Crippen LogP contribution in [0.25, 0.3) is 0 Å². The van der Waals surface area contributed by atoms with Crippen LogP contribution in [0.15, 0.2) is 16.3 Å².